The van der Waals surface area contributed by atoms with Crippen LogP contribution < -0.4 is 10.5 Å². The van der Waals surface area contributed by atoms with E-state index in [4.69, 9.17) is 5.73 Å². The lowest BCUT2D eigenvalue weighted by molar-refractivity contribution is 0.0981. The first-order chi connectivity index (χ1) is 6.79. The number of halogens is 1. The Labute approximate surface area is 95.8 Å². The van der Waals surface area contributed by atoms with E-state index in [1.54, 1.807) is 6.07 Å². The zero-order valence-corrected chi connectivity index (χ0v) is 10.2. The number of amides is 1. The summed E-state index contributed by atoms with van der Waals surface area (Å²) in [5.74, 6) is -0.698. The summed E-state index contributed by atoms with van der Waals surface area (Å²) in [6.07, 6.45) is 0.910. The van der Waals surface area contributed by atoms with Crippen LogP contribution in [0.1, 0.15) is 10.4 Å². The summed E-state index contributed by atoms with van der Waals surface area (Å²) in [7, 11) is -3.55. The maximum atomic E-state index is 11.4. The average Bonchev–Trinajstić information content (AvgIpc) is 2.06. The van der Waals surface area contributed by atoms with Gasteiger partial charge in [-0.15, -0.1) is 0 Å². The molecule has 82 valence electrons. The van der Waals surface area contributed by atoms with Crippen LogP contribution >= 0.6 is 15.9 Å². The molecule has 1 rings (SSSR count). The Morgan fingerprint density at radius 1 is 1.47 bits per heavy atom. The molecule has 0 aliphatic rings. The van der Waals surface area contributed by atoms with E-state index >= 15 is 0 Å². The maximum absolute atomic E-state index is 11.4. The fraction of sp³-hybridized carbons (Fsp3) is 0.125. The molecule has 1 aromatic carbocycles. The molecule has 0 bridgehead atoms. The molecule has 0 fully saturated rings. The molecule has 0 aliphatic heterocycles. The lowest BCUT2D eigenvalue weighted by atomic mass is 10.2. The second-order valence-electron chi connectivity index (χ2n) is 2.94. The van der Waals surface area contributed by atoms with Crippen molar-refractivity contribution in [2.75, 3.05) is 12.0 Å². The molecule has 0 radical (unpaired) electrons. The van der Waals surface area contributed by atoms with Gasteiger partial charge in [0.25, 0.3) is 5.91 Å². The third-order valence-electron chi connectivity index (χ3n) is 1.54. The Balaban J connectivity index is 2.98. The van der Waals surface area contributed by atoms with Crippen LogP contribution in [0.25, 0.3) is 0 Å². The monoisotopic (exact) mass is 292 g/mol. The molecule has 15 heavy (non-hydrogen) atoms. The molecule has 5 nitrogen and oxygen atoms in total. The van der Waals surface area contributed by atoms with Crippen molar-refractivity contribution >= 4 is 37.5 Å². The minimum Gasteiger partial charge on any atom is -0.398 e. The summed E-state index contributed by atoms with van der Waals surface area (Å²) in [4.78, 5) is 11.4. The molecule has 1 amide bonds. The van der Waals surface area contributed by atoms with Gasteiger partial charge in [0.1, 0.15) is 0 Å². The molecular weight excluding hydrogens is 284 g/mol. The van der Waals surface area contributed by atoms with E-state index in [0.29, 0.717) is 10.2 Å². The second-order valence-corrected chi connectivity index (χ2v) is 5.54. The molecule has 0 saturated carbocycles. The molecule has 0 spiro atoms. The number of carbonyl (C=O) groups excluding carboxylic acids is 1. The topological polar surface area (TPSA) is 89.3 Å². The third-order valence-corrected chi connectivity index (χ3v) is 2.81. The summed E-state index contributed by atoms with van der Waals surface area (Å²) < 4.78 is 24.1. The first-order valence-corrected chi connectivity index (χ1v) is 6.55. The normalized spacial score (nSPS) is 11.1. The number of carbonyl (C=O) groups is 1. The highest BCUT2D eigenvalue weighted by Gasteiger charge is 2.11. The zero-order chi connectivity index (χ0) is 11.6. The van der Waals surface area contributed by atoms with Crippen LogP contribution in [-0.2, 0) is 10.0 Å². The Hall–Kier alpha value is -1.08. The zero-order valence-electron chi connectivity index (χ0n) is 7.82. The van der Waals surface area contributed by atoms with E-state index in [-0.39, 0.29) is 5.56 Å². The molecular formula is C8H9BrN2O3S. The first kappa shape index (κ1) is 12.0. The van der Waals surface area contributed by atoms with E-state index in [0.717, 1.165) is 6.26 Å². The summed E-state index contributed by atoms with van der Waals surface area (Å²) in [6.45, 7) is 0. The smallest absolute Gasteiger partial charge is 0.264 e. The number of sulfonamides is 1. The van der Waals surface area contributed by atoms with Crippen LogP contribution in [0.2, 0.25) is 0 Å². The molecule has 0 unspecified atom stereocenters. The highest BCUT2D eigenvalue weighted by atomic mass is 79.9. The van der Waals surface area contributed by atoms with Gasteiger partial charge < -0.3 is 5.73 Å². The van der Waals surface area contributed by atoms with Gasteiger partial charge in [0.2, 0.25) is 10.0 Å². The van der Waals surface area contributed by atoms with Crippen molar-refractivity contribution in [2.24, 2.45) is 0 Å². The van der Waals surface area contributed by atoms with Crippen LogP contribution in [0.15, 0.2) is 22.7 Å². The minimum atomic E-state index is -3.55. The maximum Gasteiger partial charge on any atom is 0.264 e. The Morgan fingerprint density at radius 2 is 2.07 bits per heavy atom. The molecule has 7 heteroatoms. The first-order valence-electron chi connectivity index (χ1n) is 3.87. The Morgan fingerprint density at radius 3 is 2.53 bits per heavy atom. The van der Waals surface area contributed by atoms with Gasteiger partial charge in [-0.05, 0) is 34.1 Å². The van der Waals surface area contributed by atoms with Crippen molar-refractivity contribution in [3.8, 4) is 0 Å². The van der Waals surface area contributed by atoms with Gasteiger partial charge in [0.05, 0.1) is 6.26 Å². The Bertz CT molecular complexity index is 499. The van der Waals surface area contributed by atoms with Crippen molar-refractivity contribution in [1.29, 1.82) is 0 Å². The third kappa shape index (κ3) is 3.52. The van der Waals surface area contributed by atoms with Crippen LogP contribution in [0.4, 0.5) is 5.69 Å². The van der Waals surface area contributed by atoms with Gasteiger partial charge in [-0.2, -0.15) is 0 Å². The Kier molecular flexibility index (Phi) is 3.35. The van der Waals surface area contributed by atoms with Crippen molar-refractivity contribution in [3.05, 3.63) is 28.2 Å². The van der Waals surface area contributed by atoms with Crippen LogP contribution in [-0.4, -0.2) is 20.6 Å². The summed E-state index contributed by atoms with van der Waals surface area (Å²) in [5.41, 5.74) is 6.11. The van der Waals surface area contributed by atoms with Gasteiger partial charge in [0, 0.05) is 15.7 Å². The van der Waals surface area contributed by atoms with E-state index < -0.39 is 15.9 Å². The summed E-state index contributed by atoms with van der Waals surface area (Å²) in [5, 5.41) is 0. The molecule has 1 aromatic rings. The van der Waals surface area contributed by atoms with Crippen molar-refractivity contribution in [3.63, 3.8) is 0 Å². The number of hydrogen-bond donors (Lipinski definition) is 2. The number of rotatable bonds is 2. The van der Waals surface area contributed by atoms with Gasteiger partial charge in [-0.1, -0.05) is 0 Å². The number of hydrogen-bond acceptors (Lipinski definition) is 4. The number of nitrogen functional groups attached to an aromatic ring is 1. The molecule has 0 atom stereocenters. The fourth-order valence-corrected chi connectivity index (χ4v) is 1.61. The summed E-state index contributed by atoms with van der Waals surface area (Å²) >= 11 is 3.16. The largest absolute Gasteiger partial charge is 0.398 e. The quantitative estimate of drug-likeness (QED) is 0.786. The predicted molar refractivity (Wildman–Crippen MR) is 60.9 cm³/mol. The van der Waals surface area contributed by atoms with E-state index in [1.807, 2.05) is 4.72 Å². The molecule has 3 N–H and O–H groups in total. The van der Waals surface area contributed by atoms with E-state index in [2.05, 4.69) is 15.9 Å². The lowest BCUT2D eigenvalue weighted by Crippen LogP contribution is -2.29. The SMILES string of the molecule is CS(=O)(=O)NC(=O)c1ccc(Br)c(N)c1. The van der Waals surface area contributed by atoms with Crippen LogP contribution in [0, 0.1) is 0 Å². The second kappa shape index (κ2) is 4.19. The standard InChI is InChI=1S/C8H9BrN2O3S/c1-15(13,14)11-8(12)5-2-3-6(9)7(10)4-5/h2-4H,10H2,1H3,(H,11,12). The number of benzene rings is 1. The molecule has 0 saturated heterocycles. The van der Waals surface area contributed by atoms with Gasteiger partial charge in [0.15, 0.2) is 0 Å². The molecule has 0 aromatic heterocycles. The number of nitrogens with one attached hydrogen (secondary N) is 1. The lowest BCUT2D eigenvalue weighted by Gasteiger charge is -2.04. The van der Waals surface area contributed by atoms with Crippen molar-refractivity contribution in [1.82, 2.24) is 4.72 Å². The highest BCUT2D eigenvalue weighted by molar-refractivity contribution is 9.10. The highest BCUT2D eigenvalue weighted by Crippen LogP contribution is 2.20. The number of anilines is 1. The van der Waals surface area contributed by atoms with Gasteiger partial charge >= 0.3 is 0 Å². The average molecular weight is 293 g/mol. The molecule has 0 aliphatic carbocycles. The summed E-state index contributed by atoms with van der Waals surface area (Å²) in [6, 6.07) is 4.44. The van der Waals surface area contributed by atoms with E-state index in [1.165, 1.54) is 12.1 Å². The number of nitrogens with two attached hydrogens (primary N) is 1. The van der Waals surface area contributed by atoms with Crippen LogP contribution in [0.5, 0.6) is 0 Å². The van der Waals surface area contributed by atoms with Crippen molar-refractivity contribution in [2.45, 2.75) is 0 Å². The fourth-order valence-electron chi connectivity index (χ4n) is 0.912. The minimum absolute atomic E-state index is 0.195. The van der Waals surface area contributed by atoms with Gasteiger partial charge in [-0.3, -0.25) is 4.79 Å². The van der Waals surface area contributed by atoms with E-state index in [9.17, 15) is 13.2 Å². The van der Waals surface area contributed by atoms with Crippen molar-refractivity contribution < 1.29 is 13.2 Å². The predicted octanol–water partition coefficient (Wildman–Crippen LogP) is 0.721. The van der Waals surface area contributed by atoms with Gasteiger partial charge in [-0.25, -0.2) is 13.1 Å². The molecule has 0 heterocycles. The van der Waals surface area contributed by atoms with Crippen LogP contribution in [0.3, 0.4) is 0 Å².